The van der Waals surface area contributed by atoms with Crippen LogP contribution in [-0.2, 0) is 9.63 Å². The molecule has 0 spiro atoms. The molecule has 2 heterocycles. The predicted octanol–water partition coefficient (Wildman–Crippen LogP) is -0.745. The van der Waals surface area contributed by atoms with Crippen LogP contribution in [0.1, 0.15) is 0 Å². The first-order chi connectivity index (χ1) is 6.13. The van der Waals surface area contributed by atoms with Gasteiger partial charge in [-0.25, -0.2) is 4.79 Å². The van der Waals surface area contributed by atoms with Gasteiger partial charge in [0.05, 0.1) is 5.57 Å². The largest absolute Gasteiger partial charge is 0.414 e. The van der Waals surface area contributed by atoms with Crippen molar-refractivity contribution in [2.75, 3.05) is 14.1 Å². The van der Waals surface area contributed by atoms with E-state index in [9.17, 15) is 9.59 Å². The standard InChI is InChI=1S/C7H9N3O3/c1-9-5-4(3-13-8-5)6(11)10(2)7(9)12/h3,5,8H,1-2H3. The molecule has 1 fully saturated rings. The van der Waals surface area contributed by atoms with Crippen LogP contribution < -0.4 is 5.48 Å². The summed E-state index contributed by atoms with van der Waals surface area (Å²) in [5.41, 5.74) is 3.00. The zero-order valence-electron chi connectivity index (χ0n) is 7.27. The van der Waals surface area contributed by atoms with Gasteiger partial charge >= 0.3 is 6.03 Å². The van der Waals surface area contributed by atoms with Crippen LogP contribution >= 0.6 is 0 Å². The Bertz CT molecular complexity index is 312. The molecule has 13 heavy (non-hydrogen) atoms. The zero-order valence-corrected chi connectivity index (χ0v) is 7.27. The summed E-state index contributed by atoms with van der Waals surface area (Å²) in [6, 6.07) is -0.342. The van der Waals surface area contributed by atoms with Gasteiger partial charge in [-0.2, -0.15) is 0 Å². The summed E-state index contributed by atoms with van der Waals surface area (Å²) in [6.45, 7) is 0. The van der Waals surface area contributed by atoms with Gasteiger partial charge in [0.15, 0.2) is 6.17 Å². The summed E-state index contributed by atoms with van der Waals surface area (Å²) in [6.07, 6.45) is 0.878. The van der Waals surface area contributed by atoms with Crippen molar-refractivity contribution in [1.29, 1.82) is 0 Å². The van der Waals surface area contributed by atoms with Crippen molar-refractivity contribution in [1.82, 2.24) is 15.3 Å². The van der Waals surface area contributed by atoms with E-state index in [1.165, 1.54) is 18.2 Å². The molecule has 1 saturated heterocycles. The third-order valence-corrected chi connectivity index (χ3v) is 2.19. The van der Waals surface area contributed by atoms with Gasteiger partial charge in [-0.1, -0.05) is 0 Å². The highest BCUT2D eigenvalue weighted by Crippen LogP contribution is 2.21. The van der Waals surface area contributed by atoms with Gasteiger partial charge < -0.3 is 9.74 Å². The number of nitrogens with zero attached hydrogens (tertiary/aromatic N) is 2. The molecule has 2 aliphatic heterocycles. The van der Waals surface area contributed by atoms with Crippen LogP contribution in [-0.4, -0.2) is 42.0 Å². The van der Waals surface area contributed by atoms with Crippen molar-refractivity contribution >= 4 is 11.9 Å². The third-order valence-electron chi connectivity index (χ3n) is 2.19. The van der Waals surface area contributed by atoms with Gasteiger partial charge in [-0.3, -0.25) is 9.69 Å². The van der Waals surface area contributed by atoms with Gasteiger partial charge in [0.25, 0.3) is 5.91 Å². The molecular weight excluding hydrogens is 174 g/mol. The molecule has 0 aliphatic carbocycles. The Labute approximate surface area is 74.7 Å². The molecule has 0 radical (unpaired) electrons. The van der Waals surface area contributed by atoms with Crippen LogP contribution in [0.15, 0.2) is 11.8 Å². The number of hydroxylamine groups is 1. The molecular formula is C7H9N3O3. The van der Waals surface area contributed by atoms with Crippen LogP contribution in [0, 0.1) is 0 Å². The maximum atomic E-state index is 11.5. The fourth-order valence-electron chi connectivity index (χ4n) is 1.37. The van der Waals surface area contributed by atoms with E-state index in [0.29, 0.717) is 5.57 Å². The lowest BCUT2D eigenvalue weighted by Gasteiger charge is -2.33. The van der Waals surface area contributed by atoms with E-state index in [0.717, 1.165) is 4.90 Å². The van der Waals surface area contributed by atoms with Crippen LogP contribution in [0.4, 0.5) is 4.79 Å². The molecule has 3 amide bonds. The highest BCUT2D eigenvalue weighted by atomic mass is 16.6. The number of imide groups is 1. The topological polar surface area (TPSA) is 61.9 Å². The minimum Gasteiger partial charge on any atom is -0.414 e. The first-order valence-electron chi connectivity index (χ1n) is 3.79. The fraction of sp³-hybridized carbons (Fsp3) is 0.429. The van der Waals surface area contributed by atoms with Crippen molar-refractivity contribution in [3.05, 3.63) is 11.8 Å². The lowest BCUT2D eigenvalue weighted by Crippen LogP contribution is -2.57. The maximum absolute atomic E-state index is 11.5. The molecule has 2 aliphatic rings. The van der Waals surface area contributed by atoms with Gasteiger partial charge in [0, 0.05) is 14.1 Å². The number of amides is 3. The van der Waals surface area contributed by atoms with E-state index in [4.69, 9.17) is 4.84 Å². The number of fused-ring (bicyclic) bond motifs is 1. The number of carbonyl (C=O) groups excluding carboxylic acids is 2. The lowest BCUT2D eigenvalue weighted by atomic mass is 10.1. The Balaban J connectivity index is 2.38. The quantitative estimate of drug-likeness (QED) is 0.537. The van der Waals surface area contributed by atoms with E-state index in [1.807, 2.05) is 0 Å². The molecule has 6 nitrogen and oxygen atoms in total. The van der Waals surface area contributed by atoms with Crippen LogP contribution in [0.5, 0.6) is 0 Å². The smallest absolute Gasteiger partial charge is 0.328 e. The van der Waals surface area contributed by atoms with Crippen molar-refractivity contribution < 1.29 is 14.4 Å². The molecule has 0 bridgehead atoms. The zero-order chi connectivity index (χ0) is 9.59. The summed E-state index contributed by atoms with van der Waals surface area (Å²) < 4.78 is 0. The second kappa shape index (κ2) is 2.46. The second-order valence-corrected chi connectivity index (χ2v) is 2.97. The van der Waals surface area contributed by atoms with Crippen molar-refractivity contribution in [3.8, 4) is 0 Å². The number of urea groups is 1. The van der Waals surface area contributed by atoms with Crippen molar-refractivity contribution in [2.45, 2.75) is 6.17 Å². The van der Waals surface area contributed by atoms with E-state index in [2.05, 4.69) is 5.48 Å². The Morgan fingerprint density at radius 2 is 2.15 bits per heavy atom. The number of nitrogens with one attached hydrogen (secondary N) is 1. The monoisotopic (exact) mass is 183 g/mol. The van der Waals surface area contributed by atoms with E-state index < -0.39 is 6.17 Å². The van der Waals surface area contributed by atoms with Gasteiger partial charge in [-0.15, -0.1) is 5.48 Å². The molecule has 1 atom stereocenters. The number of carbonyl (C=O) groups is 2. The minimum atomic E-state index is -0.448. The average molecular weight is 183 g/mol. The minimum absolute atomic E-state index is 0.321. The highest BCUT2D eigenvalue weighted by molar-refractivity contribution is 6.07. The van der Waals surface area contributed by atoms with Crippen LogP contribution in [0.25, 0.3) is 0 Å². The summed E-state index contributed by atoms with van der Waals surface area (Å²) in [5, 5.41) is 0. The maximum Gasteiger partial charge on any atom is 0.328 e. The summed E-state index contributed by atoms with van der Waals surface area (Å²) >= 11 is 0. The fourth-order valence-corrected chi connectivity index (χ4v) is 1.37. The van der Waals surface area contributed by atoms with Crippen LogP contribution in [0.3, 0.4) is 0 Å². The number of hydrogen-bond acceptors (Lipinski definition) is 4. The Morgan fingerprint density at radius 3 is 2.85 bits per heavy atom. The predicted molar refractivity (Wildman–Crippen MR) is 42.0 cm³/mol. The SMILES string of the molecule is CN1C(=O)C2=CONC2N(C)C1=O. The number of rotatable bonds is 0. The molecule has 0 aromatic rings. The van der Waals surface area contributed by atoms with E-state index >= 15 is 0 Å². The van der Waals surface area contributed by atoms with Crippen molar-refractivity contribution in [2.24, 2.45) is 0 Å². The molecule has 1 N–H and O–H groups in total. The van der Waals surface area contributed by atoms with Gasteiger partial charge in [0.1, 0.15) is 6.26 Å². The van der Waals surface area contributed by atoms with E-state index in [1.54, 1.807) is 7.05 Å². The molecule has 70 valence electrons. The molecule has 0 saturated carbocycles. The number of likely N-dealkylation sites (N-methyl/N-ethyl adjacent to an activating group) is 2. The van der Waals surface area contributed by atoms with Gasteiger partial charge in [-0.05, 0) is 0 Å². The lowest BCUT2D eigenvalue weighted by molar-refractivity contribution is -0.126. The Kier molecular flexibility index (Phi) is 1.53. The second-order valence-electron chi connectivity index (χ2n) is 2.97. The first-order valence-corrected chi connectivity index (χ1v) is 3.79. The van der Waals surface area contributed by atoms with E-state index in [-0.39, 0.29) is 11.9 Å². The Hall–Kier alpha value is -1.56. The molecule has 0 aromatic heterocycles. The Morgan fingerprint density at radius 1 is 1.46 bits per heavy atom. The number of hydrogen-bond donors (Lipinski definition) is 1. The normalized spacial score (nSPS) is 27.2. The highest BCUT2D eigenvalue weighted by Gasteiger charge is 2.41. The summed E-state index contributed by atoms with van der Waals surface area (Å²) in [7, 11) is 3.04. The molecule has 2 rings (SSSR count). The average Bonchev–Trinajstić information content (AvgIpc) is 2.59. The summed E-state index contributed by atoms with van der Waals surface area (Å²) in [5.74, 6) is -0.321. The van der Waals surface area contributed by atoms with Crippen LogP contribution in [0.2, 0.25) is 0 Å². The molecule has 1 unspecified atom stereocenters. The third kappa shape index (κ3) is 0.919. The first kappa shape index (κ1) is 8.06. The summed E-state index contributed by atoms with van der Waals surface area (Å²) in [4.78, 5) is 30.1. The van der Waals surface area contributed by atoms with Crippen molar-refractivity contribution in [3.63, 3.8) is 0 Å². The molecule has 6 heteroatoms. The molecule has 0 aromatic carbocycles. The van der Waals surface area contributed by atoms with Gasteiger partial charge in [0.2, 0.25) is 0 Å².